The zero-order valence-corrected chi connectivity index (χ0v) is 16.6. The summed E-state index contributed by atoms with van der Waals surface area (Å²) in [6, 6.07) is 12.7. The van der Waals surface area contributed by atoms with Gasteiger partial charge in [-0.25, -0.2) is 13.4 Å². The van der Waals surface area contributed by atoms with Crippen LogP contribution in [-0.4, -0.2) is 49.4 Å². The fourth-order valence-corrected chi connectivity index (χ4v) is 5.03. The summed E-state index contributed by atoms with van der Waals surface area (Å²) in [5, 5.41) is 3.26. The molecule has 2 heterocycles. The summed E-state index contributed by atoms with van der Waals surface area (Å²) in [6.07, 6.45) is 4.02. The van der Waals surface area contributed by atoms with Gasteiger partial charge in [0.15, 0.2) is 0 Å². The molecule has 2 aliphatic rings. The molecule has 4 rings (SSSR count). The molecular weight excluding hydrogens is 376 g/mol. The second-order valence-electron chi connectivity index (χ2n) is 7.21. The van der Waals surface area contributed by atoms with E-state index < -0.39 is 10.0 Å². The molecule has 1 amide bonds. The molecule has 0 radical (unpaired) electrons. The topological polar surface area (TPSA) is 82.6 Å². The van der Waals surface area contributed by atoms with Crippen molar-refractivity contribution in [3.8, 4) is 0 Å². The monoisotopic (exact) mass is 400 g/mol. The van der Waals surface area contributed by atoms with Crippen LogP contribution < -0.4 is 9.62 Å². The maximum atomic E-state index is 13.0. The fraction of sp³-hybridized carbons (Fsp3) is 0.400. The molecule has 7 nitrogen and oxygen atoms in total. The minimum atomic E-state index is -3.69. The van der Waals surface area contributed by atoms with E-state index >= 15 is 0 Å². The van der Waals surface area contributed by atoms with Crippen molar-refractivity contribution in [1.29, 1.82) is 0 Å². The van der Waals surface area contributed by atoms with Gasteiger partial charge in [0, 0.05) is 31.7 Å². The molecular formula is C20H24N4O3S. The first-order chi connectivity index (χ1) is 13.5. The number of carbonyl (C=O) groups is 1. The lowest BCUT2D eigenvalue weighted by Gasteiger charge is -2.23. The fourth-order valence-electron chi connectivity index (χ4n) is 3.61. The molecule has 1 aliphatic heterocycles. The number of amides is 1. The van der Waals surface area contributed by atoms with Gasteiger partial charge in [0.25, 0.3) is 10.0 Å². The summed E-state index contributed by atoms with van der Waals surface area (Å²) in [5.41, 5.74) is 0.622. The number of carbonyl (C=O) groups excluding carboxylic acids is 1. The Labute approximate surface area is 165 Å². The molecule has 1 saturated heterocycles. The van der Waals surface area contributed by atoms with Crippen LogP contribution in [0.4, 0.5) is 11.5 Å². The summed E-state index contributed by atoms with van der Waals surface area (Å²) in [5.74, 6) is 0.762. The van der Waals surface area contributed by atoms with Crippen LogP contribution in [0.15, 0.2) is 53.6 Å². The van der Waals surface area contributed by atoms with Crippen LogP contribution in [0.5, 0.6) is 0 Å². The van der Waals surface area contributed by atoms with Crippen LogP contribution in [0.1, 0.15) is 26.2 Å². The molecule has 28 heavy (non-hydrogen) atoms. The second-order valence-corrected chi connectivity index (χ2v) is 9.07. The van der Waals surface area contributed by atoms with Crippen LogP contribution in [0.3, 0.4) is 0 Å². The molecule has 0 spiro atoms. The first-order valence-corrected chi connectivity index (χ1v) is 11.0. The van der Waals surface area contributed by atoms with Crippen molar-refractivity contribution in [3.63, 3.8) is 0 Å². The predicted molar refractivity (Wildman–Crippen MR) is 108 cm³/mol. The molecule has 2 fully saturated rings. The van der Waals surface area contributed by atoms with Crippen molar-refractivity contribution in [1.82, 2.24) is 9.88 Å². The number of para-hydroxylation sites is 1. The number of pyridine rings is 1. The largest absolute Gasteiger partial charge is 0.365 e. The van der Waals surface area contributed by atoms with E-state index in [1.165, 1.54) is 10.5 Å². The van der Waals surface area contributed by atoms with Crippen molar-refractivity contribution in [2.24, 2.45) is 0 Å². The number of anilines is 2. The summed E-state index contributed by atoms with van der Waals surface area (Å²) >= 11 is 0. The van der Waals surface area contributed by atoms with Crippen LogP contribution in [0.25, 0.3) is 0 Å². The standard InChI is InChI=1S/C20H24N4O3S/c1-2-24(17-6-4-3-5-7-17)28(26,27)18-10-11-19(21-13-18)22-15-12-20(25)23(14-15)16-8-9-16/h3-7,10-11,13,15-16H,2,8-9,12,14H2,1H3,(H,21,22). The minimum Gasteiger partial charge on any atom is -0.365 e. The summed E-state index contributed by atoms with van der Waals surface area (Å²) in [6.45, 7) is 2.81. The number of aromatic nitrogens is 1. The van der Waals surface area contributed by atoms with Crippen LogP contribution >= 0.6 is 0 Å². The molecule has 1 unspecified atom stereocenters. The van der Waals surface area contributed by atoms with Gasteiger partial charge in [0.05, 0.1) is 11.7 Å². The zero-order valence-electron chi connectivity index (χ0n) is 15.8. The highest BCUT2D eigenvalue weighted by molar-refractivity contribution is 7.92. The highest BCUT2D eigenvalue weighted by Gasteiger charge is 2.39. The quantitative estimate of drug-likeness (QED) is 0.772. The number of hydrogen-bond donors (Lipinski definition) is 1. The minimum absolute atomic E-state index is 0.0134. The molecule has 0 bridgehead atoms. The normalized spacial score (nSPS) is 19.7. The number of likely N-dealkylation sites (tertiary alicyclic amines) is 1. The number of benzene rings is 1. The third kappa shape index (κ3) is 3.69. The van der Waals surface area contributed by atoms with Crippen molar-refractivity contribution >= 4 is 27.4 Å². The van der Waals surface area contributed by atoms with Gasteiger partial charge in [-0.1, -0.05) is 18.2 Å². The van der Waals surface area contributed by atoms with Gasteiger partial charge in [-0.3, -0.25) is 9.10 Å². The molecule has 2 aromatic rings. The zero-order chi connectivity index (χ0) is 19.7. The number of nitrogens with zero attached hydrogens (tertiary/aromatic N) is 3. The average Bonchev–Trinajstić information content (AvgIpc) is 3.47. The number of rotatable bonds is 7. The van der Waals surface area contributed by atoms with E-state index in [1.54, 1.807) is 31.2 Å². The summed E-state index contributed by atoms with van der Waals surface area (Å²) in [4.78, 5) is 18.4. The van der Waals surface area contributed by atoms with E-state index in [0.29, 0.717) is 37.1 Å². The van der Waals surface area contributed by atoms with E-state index in [2.05, 4.69) is 10.3 Å². The maximum absolute atomic E-state index is 13.0. The third-order valence-electron chi connectivity index (χ3n) is 5.15. The third-order valence-corrected chi connectivity index (χ3v) is 7.04. The van der Waals surface area contributed by atoms with E-state index in [9.17, 15) is 13.2 Å². The lowest BCUT2D eigenvalue weighted by atomic mass is 10.2. The van der Waals surface area contributed by atoms with E-state index in [1.807, 2.05) is 23.1 Å². The molecule has 1 saturated carbocycles. The number of sulfonamides is 1. The highest BCUT2D eigenvalue weighted by atomic mass is 32.2. The Hall–Kier alpha value is -2.61. The van der Waals surface area contributed by atoms with Gasteiger partial charge < -0.3 is 10.2 Å². The smallest absolute Gasteiger partial charge is 0.265 e. The number of nitrogens with one attached hydrogen (secondary N) is 1. The Balaban J connectivity index is 1.47. The Morgan fingerprint density at radius 1 is 1.18 bits per heavy atom. The summed E-state index contributed by atoms with van der Waals surface area (Å²) < 4.78 is 27.4. The Morgan fingerprint density at radius 2 is 1.93 bits per heavy atom. The molecule has 1 N–H and O–H groups in total. The van der Waals surface area contributed by atoms with Crippen molar-refractivity contribution in [3.05, 3.63) is 48.7 Å². The van der Waals surface area contributed by atoms with Crippen molar-refractivity contribution < 1.29 is 13.2 Å². The van der Waals surface area contributed by atoms with E-state index in [0.717, 1.165) is 12.8 Å². The van der Waals surface area contributed by atoms with Gasteiger partial charge in [-0.05, 0) is 44.0 Å². The van der Waals surface area contributed by atoms with Crippen molar-refractivity contribution in [2.75, 3.05) is 22.7 Å². The van der Waals surface area contributed by atoms with E-state index in [4.69, 9.17) is 0 Å². The van der Waals surface area contributed by atoms with Gasteiger partial charge in [0.1, 0.15) is 10.7 Å². The first-order valence-electron chi connectivity index (χ1n) is 9.59. The molecule has 1 aromatic heterocycles. The van der Waals surface area contributed by atoms with Crippen molar-refractivity contribution in [2.45, 2.75) is 43.2 Å². The summed E-state index contributed by atoms with van der Waals surface area (Å²) in [7, 11) is -3.69. The second kappa shape index (κ2) is 7.43. The van der Waals surface area contributed by atoms with Crippen LogP contribution in [-0.2, 0) is 14.8 Å². The first kappa shape index (κ1) is 18.7. The molecule has 1 aromatic carbocycles. The van der Waals surface area contributed by atoms with Crippen LogP contribution in [0, 0.1) is 0 Å². The molecule has 148 valence electrons. The Morgan fingerprint density at radius 3 is 2.54 bits per heavy atom. The van der Waals surface area contributed by atoms with Gasteiger partial charge >= 0.3 is 0 Å². The average molecular weight is 401 g/mol. The SMILES string of the molecule is CCN(c1ccccc1)S(=O)(=O)c1ccc(NC2CC(=O)N(C3CC3)C2)nc1. The van der Waals surface area contributed by atoms with Gasteiger partial charge in [0.2, 0.25) is 5.91 Å². The molecule has 8 heteroatoms. The number of hydrogen-bond acceptors (Lipinski definition) is 5. The lowest BCUT2D eigenvalue weighted by Crippen LogP contribution is -2.31. The van der Waals surface area contributed by atoms with E-state index in [-0.39, 0.29) is 16.8 Å². The predicted octanol–water partition coefficient (Wildman–Crippen LogP) is 2.47. The highest BCUT2D eigenvalue weighted by Crippen LogP contribution is 2.31. The van der Waals surface area contributed by atoms with Crippen LogP contribution in [0.2, 0.25) is 0 Å². The molecule has 1 atom stereocenters. The lowest BCUT2D eigenvalue weighted by molar-refractivity contribution is -0.128. The van der Waals surface area contributed by atoms with Gasteiger partial charge in [-0.15, -0.1) is 0 Å². The maximum Gasteiger partial charge on any atom is 0.265 e. The van der Waals surface area contributed by atoms with Gasteiger partial charge in [-0.2, -0.15) is 0 Å². The Kier molecular flexibility index (Phi) is 4.97. The molecule has 1 aliphatic carbocycles. The Bertz CT molecular complexity index is 943.